The highest BCUT2D eigenvalue weighted by Gasteiger charge is 2.39. The number of hydrogen-bond acceptors (Lipinski definition) is 6. The molecule has 1 rings (SSSR count). The third-order valence-corrected chi connectivity index (χ3v) is 2.92. The number of pyridine rings is 1. The van der Waals surface area contributed by atoms with Crippen LogP contribution in [0.25, 0.3) is 0 Å². The summed E-state index contributed by atoms with van der Waals surface area (Å²) in [5.41, 5.74) is -2.59. The zero-order valence-electron chi connectivity index (χ0n) is 14.9. The molecule has 0 aromatic carbocycles. The molecular weight excluding hydrogens is 351 g/mol. The molecule has 0 N–H and O–H groups in total. The van der Waals surface area contributed by atoms with E-state index in [0.717, 1.165) is 6.07 Å². The van der Waals surface area contributed by atoms with Crippen LogP contribution in [0.3, 0.4) is 0 Å². The Morgan fingerprint density at radius 1 is 1.16 bits per heavy atom. The molecule has 0 unspecified atom stereocenters. The van der Waals surface area contributed by atoms with E-state index in [1.165, 1.54) is 0 Å². The van der Waals surface area contributed by atoms with Gasteiger partial charge in [0.1, 0.15) is 33.9 Å². The minimum atomic E-state index is -1.76. The number of aromatic nitrogens is 1. The van der Waals surface area contributed by atoms with Gasteiger partial charge in [-0.05, 0) is 47.6 Å². The van der Waals surface area contributed by atoms with E-state index in [1.54, 1.807) is 47.6 Å². The van der Waals surface area contributed by atoms with Crippen molar-refractivity contribution in [2.45, 2.75) is 58.7 Å². The fourth-order valence-corrected chi connectivity index (χ4v) is 1.99. The molecule has 0 radical (unpaired) electrons. The predicted octanol–water partition coefficient (Wildman–Crippen LogP) is 3.51. The van der Waals surface area contributed by atoms with E-state index >= 15 is 0 Å². The molecule has 0 saturated carbocycles. The number of hydrogen-bond donors (Lipinski definition) is 0. The van der Waals surface area contributed by atoms with Crippen LogP contribution in [-0.4, -0.2) is 28.1 Å². The standard InChI is InChI=1S/C17H20ClFN2O4/c1-16(2,3)24-14(22)11(15(23)25-17(4,5)6)12-10(19)7-9(8-20)13(18)21-12/h7,11H,1-6H3. The van der Waals surface area contributed by atoms with Gasteiger partial charge < -0.3 is 9.47 Å². The van der Waals surface area contributed by atoms with Crippen LogP contribution in [0.1, 0.15) is 58.7 Å². The van der Waals surface area contributed by atoms with Gasteiger partial charge in [-0.15, -0.1) is 0 Å². The Kier molecular flexibility index (Phi) is 6.14. The smallest absolute Gasteiger partial charge is 0.327 e. The van der Waals surface area contributed by atoms with Gasteiger partial charge in [-0.3, -0.25) is 9.59 Å². The lowest BCUT2D eigenvalue weighted by Crippen LogP contribution is -2.36. The van der Waals surface area contributed by atoms with E-state index in [0.29, 0.717) is 0 Å². The summed E-state index contributed by atoms with van der Waals surface area (Å²) in [5, 5.41) is 8.55. The van der Waals surface area contributed by atoms with E-state index in [-0.39, 0.29) is 10.7 Å². The second kappa shape index (κ2) is 7.36. The Morgan fingerprint density at radius 2 is 1.60 bits per heavy atom. The quantitative estimate of drug-likeness (QED) is 0.459. The van der Waals surface area contributed by atoms with Crippen LogP contribution in [-0.2, 0) is 19.1 Å². The second-order valence-corrected chi connectivity index (χ2v) is 7.66. The summed E-state index contributed by atoms with van der Waals surface area (Å²) >= 11 is 5.82. The van der Waals surface area contributed by atoms with E-state index in [1.807, 2.05) is 0 Å². The lowest BCUT2D eigenvalue weighted by Gasteiger charge is -2.26. The Labute approximate surface area is 150 Å². The molecule has 0 atom stereocenters. The van der Waals surface area contributed by atoms with Gasteiger partial charge in [-0.2, -0.15) is 5.26 Å². The molecule has 0 amide bonds. The van der Waals surface area contributed by atoms with Gasteiger partial charge in [0, 0.05) is 0 Å². The predicted molar refractivity (Wildman–Crippen MR) is 88.4 cm³/mol. The summed E-state index contributed by atoms with van der Waals surface area (Å²) in [4.78, 5) is 28.6. The molecule has 0 bridgehead atoms. The van der Waals surface area contributed by atoms with Crippen LogP contribution in [0, 0.1) is 17.1 Å². The van der Waals surface area contributed by atoms with Gasteiger partial charge in [0.2, 0.25) is 0 Å². The minimum absolute atomic E-state index is 0.213. The normalized spacial score (nSPS) is 11.8. The number of carbonyl (C=O) groups is 2. The second-order valence-electron chi connectivity index (χ2n) is 7.31. The third-order valence-electron chi connectivity index (χ3n) is 2.64. The average molecular weight is 371 g/mol. The molecule has 0 spiro atoms. The van der Waals surface area contributed by atoms with Crippen LogP contribution in [0.15, 0.2) is 6.07 Å². The van der Waals surface area contributed by atoms with E-state index in [9.17, 15) is 14.0 Å². The zero-order chi connectivity index (χ0) is 19.6. The average Bonchev–Trinajstić information content (AvgIpc) is 2.38. The fourth-order valence-electron chi connectivity index (χ4n) is 1.80. The van der Waals surface area contributed by atoms with E-state index < -0.39 is 40.6 Å². The van der Waals surface area contributed by atoms with Gasteiger partial charge in [0.25, 0.3) is 0 Å². The molecular formula is C17H20ClFN2O4. The molecule has 1 aromatic heterocycles. The summed E-state index contributed by atoms with van der Waals surface area (Å²) in [7, 11) is 0. The third kappa shape index (κ3) is 5.98. The van der Waals surface area contributed by atoms with Crippen LogP contribution in [0.2, 0.25) is 5.15 Å². The summed E-state index contributed by atoms with van der Waals surface area (Å²) in [6, 6.07) is 2.48. The van der Waals surface area contributed by atoms with Crippen molar-refractivity contribution >= 4 is 23.5 Å². The highest BCUT2D eigenvalue weighted by atomic mass is 35.5. The summed E-state index contributed by atoms with van der Waals surface area (Å²) in [6.45, 7) is 9.62. The maximum atomic E-state index is 14.4. The Morgan fingerprint density at radius 3 is 1.96 bits per heavy atom. The lowest BCUT2D eigenvalue weighted by atomic mass is 10.0. The van der Waals surface area contributed by atoms with Crippen molar-refractivity contribution in [3.8, 4) is 6.07 Å². The largest absolute Gasteiger partial charge is 0.459 e. The summed E-state index contributed by atoms with van der Waals surface area (Å²) in [6.07, 6.45) is 0. The number of rotatable bonds is 3. The van der Waals surface area contributed by atoms with Crippen molar-refractivity contribution in [2.75, 3.05) is 0 Å². The first-order valence-electron chi connectivity index (χ1n) is 7.47. The summed E-state index contributed by atoms with van der Waals surface area (Å²) < 4.78 is 24.7. The highest BCUT2D eigenvalue weighted by molar-refractivity contribution is 6.30. The summed E-state index contributed by atoms with van der Waals surface area (Å²) in [5.74, 6) is -4.82. The number of carbonyl (C=O) groups excluding carboxylic acids is 2. The van der Waals surface area contributed by atoms with E-state index in [4.69, 9.17) is 26.3 Å². The SMILES string of the molecule is CC(C)(C)OC(=O)C(C(=O)OC(C)(C)C)c1nc(Cl)c(C#N)cc1F. The molecule has 1 aromatic rings. The van der Waals surface area contributed by atoms with Crippen LogP contribution < -0.4 is 0 Å². The zero-order valence-corrected chi connectivity index (χ0v) is 15.7. The fraction of sp³-hybridized carbons (Fsp3) is 0.529. The van der Waals surface area contributed by atoms with Crippen molar-refractivity contribution in [3.63, 3.8) is 0 Å². The Hall–Kier alpha value is -2.20. The molecule has 0 aliphatic rings. The Balaban J connectivity index is 3.42. The van der Waals surface area contributed by atoms with Gasteiger partial charge in [0.15, 0.2) is 5.92 Å². The number of halogens is 2. The number of nitrogens with zero attached hydrogens (tertiary/aromatic N) is 2. The Bertz CT molecular complexity index is 702. The number of nitriles is 1. The monoisotopic (exact) mass is 370 g/mol. The van der Waals surface area contributed by atoms with Crippen molar-refractivity contribution in [3.05, 3.63) is 28.3 Å². The molecule has 136 valence electrons. The van der Waals surface area contributed by atoms with Gasteiger partial charge >= 0.3 is 11.9 Å². The molecule has 25 heavy (non-hydrogen) atoms. The molecule has 6 nitrogen and oxygen atoms in total. The molecule has 0 fully saturated rings. The maximum Gasteiger partial charge on any atom is 0.327 e. The molecule has 1 heterocycles. The first kappa shape index (κ1) is 20.8. The van der Waals surface area contributed by atoms with Crippen molar-refractivity contribution in [1.82, 2.24) is 4.98 Å². The van der Waals surface area contributed by atoms with Crippen molar-refractivity contribution in [1.29, 1.82) is 5.26 Å². The molecule has 8 heteroatoms. The topological polar surface area (TPSA) is 89.3 Å². The maximum absolute atomic E-state index is 14.4. The number of ether oxygens (including phenoxy) is 2. The van der Waals surface area contributed by atoms with Gasteiger partial charge in [-0.1, -0.05) is 11.6 Å². The first-order valence-corrected chi connectivity index (χ1v) is 7.84. The highest BCUT2D eigenvalue weighted by Crippen LogP contribution is 2.28. The van der Waals surface area contributed by atoms with Gasteiger partial charge in [-0.25, -0.2) is 9.37 Å². The van der Waals surface area contributed by atoms with Crippen molar-refractivity contribution < 1.29 is 23.5 Å². The number of esters is 2. The lowest BCUT2D eigenvalue weighted by molar-refractivity contribution is -0.169. The minimum Gasteiger partial charge on any atom is -0.459 e. The van der Waals surface area contributed by atoms with Crippen molar-refractivity contribution in [2.24, 2.45) is 0 Å². The first-order chi connectivity index (χ1) is 11.2. The molecule has 0 saturated heterocycles. The van der Waals surface area contributed by atoms with E-state index in [2.05, 4.69) is 4.98 Å². The van der Waals surface area contributed by atoms with Crippen LogP contribution in [0.5, 0.6) is 0 Å². The van der Waals surface area contributed by atoms with Crippen LogP contribution >= 0.6 is 11.6 Å². The van der Waals surface area contributed by atoms with Gasteiger partial charge in [0.05, 0.1) is 5.56 Å². The molecule has 0 aliphatic heterocycles. The molecule has 0 aliphatic carbocycles. The van der Waals surface area contributed by atoms with Crippen LogP contribution in [0.4, 0.5) is 4.39 Å².